The van der Waals surface area contributed by atoms with Crippen molar-refractivity contribution in [1.29, 1.82) is 0 Å². The molecule has 2 fully saturated rings. The number of anilines is 1. The lowest BCUT2D eigenvalue weighted by molar-refractivity contribution is -0.156. The first-order valence-electron chi connectivity index (χ1n) is 8.68. The zero-order valence-electron chi connectivity index (χ0n) is 15.0. The Morgan fingerprint density at radius 2 is 1.92 bits per heavy atom. The van der Waals surface area contributed by atoms with E-state index in [1.807, 2.05) is 26.8 Å². The summed E-state index contributed by atoms with van der Waals surface area (Å²) < 4.78 is 10.7. The summed E-state index contributed by atoms with van der Waals surface area (Å²) in [6.07, 6.45) is 4.43. The van der Waals surface area contributed by atoms with Crippen LogP contribution in [0.1, 0.15) is 40.0 Å². The molecule has 2 heterocycles. The highest BCUT2D eigenvalue weighted by Gasteiger charge is 2.43. The average molecular weight is 333 g/mol. The van der Waals surface area contributed by atoms with E-state index in [2.05, 4.69) is 14.9 Å². The molecular formula is C18H27N3O3. The van der Waals surface area contributed by atoms with Crippen LogP contribution >= 0.6 is 0 Å². The Balaban J connectivity index is 1.65. The molecule has 1 saturated heterocycles. The number of ether oxygens (including phenoxy) is 2. The maximum Gasteiger partial charge on any atom is 0.306 e. The fourth-order valence-electron chi connectivity index (χ4n) is 4.05. The third-order valence-corrected chi connectivity index (χ3v) is 5.01. The monoisotopic (exact) mass is 333 g/mol. The summed E-state index contributed by atoms with van der Waals surface area (Å²) in [4.78, 5) is 23.0. The molecule has 6 heteroatoms. The molecule has 1 saturated carbocycles. The maximum atomic E-state index is 12.2. The van der Waals surface area contributed by atoms with E-state index in [0.29, 0.717) is 30.1 Å². The second kappa shape index (κ2) is 6.57. The number of hydrogen-bond acceptors (Lipinski definition) is 6. The number of nitrogens with zero attached hydrogens (tertiary/aromatic N) is 3. The third-order valence-electron chi connectivity index (χ3n) is 5.01. The Bertz CT molecular complexity index is 585. The van der Waals surface area contributed by atoms with Crippen molar-refractivity contribution in [2.45, 2.75) is 45.6 Å². The van der Waals surface area contributed by atoms with Crippen LogP contribution in [-0.2, 0) is 9.53 Å². The van der Waals surface area contributed by atoms with Crippen LogP contribution < -0.4 is 9.64 Å². The van der Waals surface area contributed by atoms with E-state index in [4.69, 9.17) is 9.47 Å². The summed E-state index contributed by atoms with van der Waals surface area (Å²) >= 11 is 0. The first-order chi connectivity index (χ1) is 11.4. The fraction of sp³-hybridized carbons (Fsp3) is 0.722. The van der Waals surface area contributed by atoms with Gasteiger partial charge in [0.15, 0.2) is 0 Å². The number of methoxy groups -OCH3 is 1. The first-order valence-corrected chi connectivity index (χ1v) is 8.68. The van der Waals surface area contributed by atoms with Crippen molar-refractivity contribution in [1.82, 2.24) is 9.97 Å². The van der Waals surface area contributed by atoms with E-state index in [0.717, 1.165) is 18.9 Å². The predicted octanol–water partition coefficient (Wildman–Crippen LogP) is 2.68. The number of fused-ring (bicyclic) bond motifs is 2. The highest BCUT2D eigenvalue weighted by Crippen LogP contribution is 2.44. The van der Waals surface area contributed by atoms with Crippen molar-refractivity contribution in [2.24, 2.45) is 17.8 Å². The van der Waals surface area contributed by atoms with Gasteiger partial charge in [0, 0.05) is 25.6 Å². The molecular weight excluding hydrogens is 306 g/mol. The zero-order chi connectivity index (χ0) is 17.3. The number of carbonyl (C=O) groups excluding carboxylic acids is 1. The molecule has 6 nitrogen and oxygen atoms in total. The smallest absolute Gasteiger partial charge is 0.306 e. The van der Waals surface area contributed by atoms with Crippen molar-refractivity contribution < 1.29 is 14.3 Å². The average Bonchev–Trinajstić information content (AvgIpc) is 2.75. The Hall–Kier alpha value is -1.85. The molecule has 1 aliphatic heterocycles. The molecule has 1 aliphatic carbocycles. The molecule has 0 amide bonds. The molecule has 3 rings (SSSR count). The largest absolute Gasteiger partial charge is 0.481 e. The number of carbonyl (C=O) groups is 1. The summed E-state index contributed by atoms with van der Waals surface area (Å²) in [7, 11) is 1.61. The normalized spacial score (nSPS) is 26.3. The van der Waals surface area contributed by atoms with Crippen LogP contribution in [0.3, 0.4) is 0 Å². The Morgan fingerprint density at radius 3 is 2.50 bits per heavy atom. The van der Waals surface area contributed by atoms with Gasteiger partial charge in [0.1, 0.15) is 17.7 Å². The van der Waals surface area contributed by atoms with Gasteiger partial charge in [-0.05, 0) is 51.4 Å². The van der Waals surface area contributed by atoms with Gasteiger partial charge >= 0.3 is 5.97 Å². The van der Waals surface area contributed by atoms with Gasteiger partial charge in [-0.2, -0.15) is 0 Å². The molecule has 24 heavy (non-hydrogen) atoms. The second-order valence-corrected chi connectivity index (χ2v) is 7.88. The van der Waals surface area contributed by atoms with Gasteiger partial charge < -0.3 is 14.4 Å². The van der Waals surface area contributed by atoms with Crippen molar-refractivity contribution in [3.05, 3.63) is 12.4 Å². The Kier molecular flexibility index (Phi) is 4.65. The third kappa shape index (κ3) is 3.79. The van der Waals surface area contributed by atoms with Gasteiger partial charge in [0.2, 0.25) is 5.88 Å². The van der Waals surface area contributed by atoms with Gasteiger partial charge in [-0.25, -0.2) is 9.97 Å². The summed E-state index contributed by atoms with van der Waals surface area (Å²) in [5.74, 6) is 2.91. The molecule has 132 valence electrons. The molecule has 1 aromatic rings. The standard InChI is InChI=1S/C18H27N3O3/c1-18(2,3)24-17(22)7-14-12-5-6-13(14)10-21(9-12)15-8-16(23-4)20-11-19-15/h8,11-14H,5-7,9-10H2,1-4H3/t12-,13+,14?. The number of piperidine rings is 1. The van der Waals surface area contributed by atoms with Crippen LogP contribution in [0.15, 0.2) is 12.4 Å². The molecule has 3 atom stereocenters. The lowest BCUT2D eigenvalue weighted by Crippen LogP contribution is -2.43. The minimum atomic E-state index is -0.408. The predicted molar refractivity (Wildman–Crippen MR) is 91.0 cm³/mol. The highest BCUT2D eigenvalue weighted by atomic mass is 16.6. The highest BCUT2D eigenvalue weighted by molar-refractivity contribution is 5.70. The number of rotatable bonds is 4. The van der Waals surface area contributed by atoms with Gasteiger partial charge in [0.25, 0.3) is 0 Å². The van der Waals surface area contributed by atoms with E-state index in [1.54, 1.807) is 13.4 Å². The van der Waals surface area contributed by atoms with Crippen LogP contribution in [0, 0.1) is 17.8 Å². The van der Waals surface area contributed by atoms with Crippen LogP contribution in [-0.4, -0.2) is 41.7 Å². The lowest BCUT2D eigenvalue weighted by Gasteiger charge is -2.38. The van der Waals surface area contributed by atoms with E-state index in [1.165, 1.54) is 12.8 Å². The summed E-state index contributed by atoms with van der Waals surface area (Å²) in [6.45, 7) is 7.63. The number of hydrogen-bond donors (Lipinski definition) is 0. The van der Waals surface area contributed by atoms with E-state index in [9.17, 15) is 4.79 Å². The molecule has 0 radical (unpaired) electrons. The Labute approximate surface area is 143 Å². The zero-order valence-corrected chi connectivity index (χ0v) is 15.0. The van der Waals surface area contributed by atoms with Gasteiger partial charge in [-0.3, -0.25) is 4.79 Å². The summed E-state index contributed by atoms with van der Waals surface area (Å²) in [5, 5.41) is 0. The summed E-state index contributed by atoms with van der Waals surface area (Å²) in [6, 6.07) is 1.88. The van der Waals surface area contributed by atoms with Crippen LogP contribution in [0.5, 0.6) is 5.88 Å². The second-order valence-electron chi connectivity index (χ2n) is 7.88. The molecule has 2 aliphatic rings. The maximum absolute atomic E-state index is 12.2. The molecule has 1 aromatic heterocycles. The van der Waals surface area contributed by atoms with Crippen LogP contribution in [0.25, 0.3) is 0 Å². The Morgan fingerprint density at radius 1 is 1.25 bits per heavy atom. The van der Waals surface area contributed by atoms with E-state index >= 15 is 0 Å². The van der Waals surface area contributed by atoms with Crippen molar-refractivity contribution in [3.63, 3.8) is 0 Å². The van der Waals surface area contributed by atoms with Crippen molar-refractivity contribution in [3.8, 4) is 5.88 Å². The molecule has 0 aromatic carbocycles. The fourth-order valence-corrected chi connectivity index (χ4v) is 4.05. The first kappa shape index (κ1) is 17.0. The lowest BCUT2D eigenvalue weighted by atomic mass is 9.82. The van der Waals surface area contributed by atoms with Gasteiger partial charge in [-0.15, -0.1) is 0 Å². The molecule has 2 bridgehead atoms. The van der Waals surface area contributed by atoms with Gasteiger partial charge in [0.05, 0.1) is 7.11 Å². The number of aromatic nitrogens is 2. The van der Waals surface area contributed by atoms with Gasteiger partial charge in [-0.1, -0.05) is 0 Å². The SMILES string of the molecule is COc1cc(N2C[C@H]3CC[C@@H](C2)C3CC(=O)OC(C)(C)C)ncn1. The van der Waals surface area contributed by atoms with Crippen molar-refractivity contribution >= 4 is 11.8 Å². The van der Waals surface area contributed by atoms with Crippen molar-refractivity contribution in [2.75, 3.05) is 25.1 Å². The minimum Gasteiger partial charge on any atom is -0.481 e. The van der Waals surface area contributed by atoms with E-state index < -0.39 is 5.60 Å². The molecule has 0 spiro atoms. The molecule has 0 N–H and O–H groups in total. The van der Waals surface area contributed by atoms with Crippen LogP contribution in [0.2, 0.25) is 0 Å². The minimum absolute atomic E-state index is 0.0680. The molecule has 1 unspecified atom stereocenters. The van der Waals surface area contributed by atoms with E-state index in [-0.39, 0.29) is 5.97 Å². The summed E-state index contributed by atoms with van der Waals surface area (Å²) in [5.41, 5.74) is -0.408. The van der Waals surface area contributed by atoms with Crippen LogP contribution in [0.4, 0.5) is 5.82 Å². The quantitative estimate of drug-likeness (QED) is 0.789. The topological polar surface area (TPSA) is 64.5 Å². The number of esters is 1.